The Morgan fingerprint density at radius 2 is 1.28 bits per heavy atom. The van der Waals surface area contributed by atoms with E-state index in [1.807, 2.05) is 30.5 Å². The predicted molar refractivity (Wildman–Crippen MR) is 104 cm³/mol. The van der Waals surface area contributed by atoms with E-state index in [1.165, 1.54) is 0 Å². The smallest absolute Gasteiger partial charge is 0.267 e. The molecule has 0 aliphatic heterocycles. The predicted octanol–water partition coefficient (Wildman–Crippen LogP) is 3.92. The third-order valence-corrected chi connectivity index (χ3v) is 4.45. The molecule has 132 valence electrons. The maximum atomic E-state index is 12.2. The minimum atomic E-state index is -0.340. The van der Waals surface area contributed by atoms with Gasteiger partial charge in [0.25, 0.3) is 11.8 Å². The van der Waals surface area contributed by atoms with Crippen LogP contribution in [0.2, 0.25) is 0 Å². The summed E-state index contributed by atoms with van der Waals surface area (Å²) in [6.45, 7) is 6.35. The molecule has 0 saturated heterocycles. The Balaban J connectivity index is 1.93. The van der Waals surface area contributed by atoms with Crippen molar-refractivity contribution in [2.24, 2.45) is 0 Å². The molecule has 0 spiro atoms. The fourth-order valence-corrected chi connectivity index (χ4v) is 2.82. The van der Waals surface area contributed by atoms with Crippen LogP contribution in [0.15, 0.2) is 48.5 Å². The van der Waals surface area contributed by atoms with Gasteiger partial charge < -0.3 is 0 Å². The second kappa shape index (κ2) is 8.21. The van der Waals surface area contributed by atoms with E-state index in [0.717, 1.165) is 16.9 Å². The molecule has 0 aliphatic rings. The molecule has 0 radical (unpaired) electrons. The van der Waals surface area contributed by atoms with Gasteiger partial charge in [-0.3, -0.25) is 20.4 Å². The molecule has 0 saturated carbocycles. The van der Waals surface area contributed by atoms with Crippen molar-refractivity contribution >= 4 is 23.6 Å². The summed E-state index contributed by atoms with van der Waals surface area (Å²) in [5.74, 6) is 0.228. The normalized spacial score (nSPS) is 11.0. The Kier molecular flexibility index (Phi) is 6.26. The first-order valence-electron chi connectivity index (χ1n) is 8.10. The van der Waals surface area contributed by atoms with Crippen LogP contribution >= 0.6 is 11.8 Å². The number of hydrogen-bond donors (Lipinski definition) is 2. The van der Waals surface area contributed by atoms with E-state index in [1.54, 1.807) is 36.0 Å². The Hall–Kier alpha value is -2.27. The first-order chi connectivity index (χ1) is 11.8. The van der Waals surface area contributed by atoms with Gasteiger partial charge in [0.05, 0.1) is 0 Å². The van der Waals surface area contributed by atoms with Crippen molar-refractivity contribution in [2.75, 3.05) is 6.26 Å². The number of rotatable bonds is 4. The SMILES string of the molecule is CSCc1ccc(C(=O)NNC(=O)c2ccc(C(C)(C)C)cc2)cc1. The molecular formula is C20H24N2O2S. The first kappa shape index (κ1) is 19.1. The summed E-state index contributed by atoms with van der Waals surface area (Å²) in [7, 11) is 0. The Morgan fingerprint density at radius 3 is 1.68 bits per heavy atom. The maximum Gasteiger partial charge on any atom is 0.269 e. The van der Waals surface area contributed by atoms with Gasteiger partial charge in [-0.2, -0.15) is 11.8 Å². The summed E-state index contributed by atoms with van der Waals surface area (Å²) in [5.41, 5.74) is 8.26. The minimum absolute atomic E-state index is 0.0334. The van der Waals surface area contributed by atoms with Gasteiger partial charge >= 0.3 is 0 Å². The molecule has 5 heteroatoms. The Morgan fingerprint density at radius 1 is 0.840 bits per heavy atom. The van der Waals surface area contributed by atoms with E-state index in [-0.39, 0.29) is 17.2 Å². The molecule has 4 nitrogen and oxygen atoms in total. The van der Waals surface area contributed by atoms with Crippen LogP contribution in [-0.2, 0) is 11.2 Å². The first-order valence-corrected chi connectivity index (χ1v) is 9.50. The number of hydrogen-bond acceptors (Lipinski definition) is 3. The van der Waals surface area contributed by atoms with E-state index in [4.69, 9.17) is 0 Å². The van der Waals surface area contributed by atoms with Gasteiger partial charge in [-0.15, -0.1) is 0 Å². The molecule has 0 aromatic heterocycles. The number of thioether (sulfide) groups is 1. The molecule has 0 bridgehead atoms. The van der Waals surface area contributed by atoms with Crippen LogP contribution in [0, 0.1) is 0 Å². The fraction of sp³-hybridized carbons (Fsp3) is 0.300. The van der Waals surface area contributed by atoms with Crippen molar-refractivity contribution in [3.63, 3.8) is 0 Å². The zero-order chi connectivity index (χ0) is 18.4. The molecule has 0 fully saturated rings. The molecule has 0 unspecified atom stereocenters. The van der Waals surface area contributed by atoms with Gasteiger partial charge in [0.1, 0.15) is 0 Å². The van der Waals surface area contributed by atoms with Crippen LogP contribution in [0.5, 0.6) is 0 Å². The third-order valence-electron chi connectivity index (χ3n) is 3.83. The monoisotopic (exact) mass is 356 g/mol. The van der Waals surface area contributed by atoms with Crippen LogP contribution < -0.4 is 10.9 Å². The van der Waals surface area contributed by atoms with Crippen LogP contribution in [0.4, 0.5) is 0 Å². The van der Waals surface area contributed by atoms with Crippen LogP contribution in [0.1, 0.15) is 52.6 Å². The van der Waals surface area contributed by atoms with Crippen molar-refractivity contribution < 1.29 is 9.59 Å². The average Bonchev–Trinajstić information content (AvgIpc) is 2.59. The lowest BCUT2D eigenvalue weighted by Gasteiger charge is -2.19. The maximum absolute atomic E-state index is 12.2. The van der Waals surface area contributed by atoms with E-state index >= 15 is 0 Å². The molecule has 2 aromatic rings. The molecule has 25 heavy (non-hydrogen) atoms. The van der Waals surface area contributed by atoms with E-state index in [2.05, 4.69) is 31.6 Å². The van der Waals surface area contributed by atoms with Crippen molar-refractivity contribution in [1.29, 1.82) is 0 Å². The van der Waals surface area contributed by atoms with E-state index in [0.29, 0.717) is 11.1 Å². The lowest BCUT2D eigenvalue weighted by Crippen LogP contribution is -2.41. The second-order valence-corrected chi connectivity index (χ2v) is 7.73. The Bertz CT molecular complexity index is 732. The lowest BCUT2D eigenvalue weighted by molar-refractivity contribution is 0.0846. The zero-order valence-electron chi connectivity index (χ0n) is 15.1. The average molecular weight is 356 g/mol. The van der Waals surface area contributed by atoms with Gasteiger partial charge in [0.2, 0.25) is 0 Å². The van der Waals surface area contributed by atoms with Crippen LogP contribution in [0.25, 0.3) is 0 Å². The summed E-state index contributed by atoms with van der Waals surface area (Å²) in [5, 5.41) is 0. The second-order valence-electron chi connectivity index (χ2n) is 6.87. The number of benzene rings is 2. The number of hydrazine groups is 1. The van der Waals surface area contributed by atoms with Gasteiger partial charge in [0.15, 0.2) is 0 Å². The summed E-state index contributed by atoms with van der Waals surface area (Å²) < 4.78 is 0. The van der Waals surface area contributed by atoms with E-state index < -0.39 is 0 Å². The van der Waals surface area contributed by atoms with Crippen molar-refractivity contribution in [3.05, 3.63) is 70.8 Å². The standard InChI is InChI=1S/C20H24N2O2S/c1-20(2,3)17-11-9-16(10-12-17)19(24)22-21-18(23)15-7-5-14(6-8-15)13-25-4/h5-12H,13H2,1-4H3,(H,21,23)(H,22,24). The topological polar surface area (TPSA) is 58.2 Å². The van der Waals surface area contributed by atoms with Gasteiger partial charge in [-0.1, -0.05) is 45.0 Å². The quantitative estimate of drug-likeness (QED) is 0.816. The largest absolute Gasteiger partial charge is 0.269 e. The number of carbonyl (C=O) groups excluding carboxylic acids is 2. The number of carbonyl (C=O) groups is 2. The summed E-state index contributed by atoms with van der Waals surface area (Å²) in [4.78, 5) is 24.3. The van der Waals surface area contributed by atoms with Crippen molar-refractivity contribution in [2.45, 2.75) is 31.9 Å². The van der Waals surface area contributed by atoms with Crippen LogP contribution in [0.3, 0.4) is 0 Å². The molecule has 0 atom stereocenters. The number of nitrogens with one attached hydrogen (secondary N) is 2. The van der Waals surface area contributed by atoms with Gasteiger partial charge in [-0.05, 0) is 47.1 Å². The highest BCUT2D eigenvalue weighted by Crippen LogP contribution is 2.22. The van der Waals surface area contributed by atoms with Gasteiger partial charge in [0, 0.05) is 16.9 Å². The summed E-state index contributed by atoms with van der Waals surface area (Å²) in [6, 6.07) is 14.7. The highest BCUT2D eigenvalue weighted by Gasteiger charge is 2.14. The van der Waals surface area contributed by atoms with Crippen molar-refractivity contribution in [3.8, 4) is 0 Å². The number of amides is 2. The fourth-order valence-electron chi connectivity index (χ4n) is 2.30. The van der Waals surface area contributed by atoms with Gasteiger partial charge in [-0.25, -0.2) is 0 Å². The minimum Gasteiger partial charge on any atom is -0.267 e. The molecule has 0 heterocycles. The molecular weight excluding hydrogens is 332 g/mol. The highest BCUT2D eigenvalue weighted by atomic mass is 32.2. The Labute approximate surface area is 153 Å². The zero-order valence-corrected chi connectivity index (χ0v) is 15.9. The molecule has 2 N–H and O–H groups in total. The summed E-state index contributed by atoms with van der Waals surface area (Å²) in [6.07, 6.45) is 2.03. The molecule has 0 aliphatic carbocycles. The van der Waals surface area contributed by atoms with Crippen LogP contribution in [-0.4, -0.2) is 18.1 Å². The third kappa shape index (κ3) is 5.36. The molecule has 2 rings (SSSR count). The molecule has 2 amide bonds. The van der Waals surface area contributed by atoms with E-state index in [9.17, 15) is 9.59 Å². The lowest BCUT2D eigenvalue weighted by atomic mass is 9.87. The summed E-state index contributed by atoms with van der Waals surface area (Å²) >= 11 is 1.73. The molecule has 2 aromatic carbocycles. The van der Waals surface area contributed by atoms with Crippen molar-refractivity contribution in [1.82, 2.24) is 10.9 Å². The highest BCUT2D eigenvalue weighted by molar-refractivity contribution is 7.97.